The Morgan fingerprint density at radius 2 is 1.28 bits per heavy atom. The Hall–Kier alpha value is -3.15. The first-order valence-corrected chi connectivity index (χ1v) is 9.58. The van der Waals surface area contributed by atoms with E-state index >= 15 is 0 Å². The molecular weight excluding hydrogens is 386 g/mol. The van der Waals surface area contributed by atoms with Gasteiger partial charge in [0.2, 0.25) is 11.8 Å². The Kier molecular flexibility index (Phi) is 7.00. The summed E-state index contributed by atoms with van der Waals surface area (Å²) in [5.74, 6) is -0.431. The van der Waals surface area contributed by atoms with Crippen molar-refractivity contribution in [1.82, 2.24) is 4.90 Å². The van der Waals surface area contributed by atoms with E-state index in [1.54, 1.807) is 36.2 Å². The number of amides is 2. The van der Waals surface area contributed by atoms with Crippen LogP contribution in [0.3, 0.4) is 0 Å². The molecule has 2 amide bonds. The van der Waals surface area contributed by atoms with Crippen LogP contribution in [0.4, 0.5) is 11.4 Å². The summed E-state index contributed by atoms with van der Waals surface area (Å²) in [6.45, 7) is 0.151. The lowest BCUT2D eigenvalue weighted by Gasteiger charge is -2.17. The van der Waals surface area contributed by atoms with E-state index in [0.29, 0.717) is 10.7 Å². The lowest BCUT2D eigenvalue weighted by Crippen LogP contribution is -2.36. The SMILES string of the molecule is CN(CC(=O)Nc1ccccc1Cl)CC(=O)Nc1ccccc1-c1ccccc1. The average molecular weight is 408 g/mol. The summed E-state index contributed by atoms with van der Waals surface area (Å²) < 4.78 is 0. The molecule has 0 aliphatic rings. The quantitative estimate of drug-likeness (QED) is 0.605. The molecule has 0 atom stereocenters. The summed E-state index contributed by atoms with van der Waals surface area (Å²) in [6.07, 6.45) is 0. The topological polar surface area (TPSA) is 61.4 Å². The van der Waals surface area contributed by atoms with Crippen LogP contribution in [-0.2, 0) is 9.59 Å². The van der Waals surface area contributed by atoms with Gasteiger partial charge in [0, 0.05) is 11.3 Å². The molecule has 0 unspecified atom stereocenters. The highest BCUT2D eigenvalue weighted by Crippen LogP contribution is 2.27. The molecule has 2 N–H and O–H groups in total. The van der Waals surface area contributed by atoms with E-state index in [4.69, 9.17) is 11.6 Å². The van der Waals surface area contributed by atoms with Crippen molar-refractivity contribution in [3.8, 4) is 11.1 Å². The van der Waals surface area contributed by atoms with Crippen LogP contribution >= 0.6 is 11.6 Å². The van der Waals surface area contributed by atoms with E-state index in [1.807, 2.05) is 54.6 Å². The number of likely N-dealkylation sites (N-methyl/N-ethyl adjacent to an activating group) is 1. The predicted octanol–water partition coefficient (Wildman–Crippen LogP) is 4.52. The molecule has 0 aliphatic carbocycles. The number of nitrogens with one attached hydrogen (secondary N) is 2. The number of nitrogens with zero attached hydrogens (tertiary/aromatic N) is 1. The number of hydrogen-bond donors (Lipinski definition) is 2. The molecule has 0 bridgehead atoms. The fourth-order valence-corrected chi connectivity index (χ4v) is 3.13. The average Bonchev–Trinajstić information content (AvgIpc) is 2.70. The maximum atomic E-state index is 12.5. The van der Waals surface area contributed by atoms with Crippen molar-refractivity contribution in [3.63, 3.8) is 0 Å². The van der Waals surface area contributed by atoms with Crippen LogP contribution in [0.25, 0.3) is 11.1 Å². The van der Waals surface area contributed by atoms with E-state index in [9.17, 15) is 9.59 Å². The van der Waals surface area contributed by atoms with Gasteiger partial charge < -0.3 is 10.6 Å². The summed E-state index contributed by atoms with van der Waals surface area (Å²) in [6, 6.07) is 24.5. The second-order valence-corrected chi connectivity index (χ2v) is 7.07. The fourth-order valence-electron chi connectivity index (χ4n) is 2.95. The molecule has 3 aromatic rings. The molecule has 0 aliphatic heterocycles. The minimum absolute atomic E-state index is 0.0684. The van der Waals surface area contributed by atoms with Crippen molar-refractivity contribution in [2.45, 2.75) is 0 Å². The lowest BCUT2D eigenvalue weighted by molar-refractivity contribution is -0.119. The summed E-state index contributed by atoms with van der Waals surface area (Å²) in [5, 5.41) is 6.16. The molecule has 0 aromatic heterocycles. The highest BCUT2D eigenvalue weighted by atomic mass is 35.5. The van der Waals surface area contributed by atoms with Crippen LogP contribution in [0, 0.1) is 0 Å². The number of benzene rings is 3. The number of hydrogen-bond acceptors (Lipinski definition) is 3. The fraction of sp³-hybridized carbons (Fsp3) is 0.130. The van der Waals surface area contributed by atoms with Gasteiger partial charge in [0.1, 0.15) is 0 Å². The van der Waals surface area contributed by atoms with Crippen LogP contribution < -0.4 is 10.6 Å². The van der Waals surface area contributed by atoms with E-state index in [1.165, 1.54) is 0 Å². The zero-order chi connectivity index (χ0) is 20.6. The van der Waals surface area contributed by atoms with Crippen LogP contribution in [0.15, 0.2) is 78.9 Å². The third-order valence-corrected chi connectivity index (χ3v) is 4.59. The summed E-state index contributed by atoms with van der Waals surface area (Å²) in [4.78, 5) is 26.4. The molecule has 0 fully saturated rings. The van der Waals surface area contributed by atoms with E-state index in [-0.39, 0.29) is 24.9 Å². The summed E-state index contributed by atoms with van der Waals surface area (Å²) in [5.41, 5.74) is 3.25. The monoisotopic (exact) mass is 407 g/mol. The number of halogens is 1. The Labute approximate surface area is 175 Å². The molecule has 0 saturated carbocycles. The van der Waals surface area contributed by atoms with Crippen molar-refractivity contribution in [1.29, 1.82) is 0 Å². The van der Waals surface area contributed by atoms with Crippen LogP contribution in [0.2, 0.25) is 5.02 Å². The van der Waals surface area contributed by atoms with Crippen LogP contribution in [0.1, 0.15) is 0 Å². The Morgan fingerprint density at radius 1 is 0.759 bits per heavy atom. The Bertz CT molecular complexity index is 992. The number of carbonyl (C=O) groups excluding carboxylic acids is 2. The van der Waals surface area contributed by atoms with Gasteiger partial charge in [-0.15, -0.1) is 0 Å². The van der Waals surface area contributed by atoms with Gasteiger partial charge in [-0.2, -0.15) is 0 Å². The second kappa shape index (κ2) is 9.87. The molecule has 0 heterocycles. The standard InChI is InChI=1S/C23H22ClN3O2/c1-27(16-23(29)26-21-14-8-6-12-19(21)24)15-22(28)25-20-13-7-5-11-18(20)17-9-3-2-4-10-17/h2-14H,15-16H2,1H3,(H,25,28)(H,26,29). The molecule has 148 valence electrons. The van der Waals surface area contributed by atoms with Gasteiger partial charge in [-0.3, -0.25) is 14.5 Å². The number of rotatable bonds is 7. The molecule has 0 saturated heterocycles. The first-order chi connectivity index (χ1) is 14.0. The van der Waals surface area contributed by atoms with Crippen molar-refractivity contribution < 1.29 is 9.59 Å². The first-order valence-electron chi connectivity index (χ1n) is 9.20. The summed E-state index contributed by atoms with van der Waals surface area (Å²) in [7, 11) is 1.72. The van der Waals surface area contributed by atoms with Gasteiger partial charge in [-0.05, 0) is 30.8 Å². The number of anilines is 2. The van der Waals surface area contributed by atoms with Gasteiger partial charge in [0.05, 0.1) is 23.8 Å². The Morgan fingerprint density at radius 3 is 1.93 bits per heavy atom. The zero-order valence-electron chi connectivity index (χ0n) is 16.1. The molecule has 0 radical (unpaired) electrons. The third kappa shape index (κ3) is 5.91. The van der Waals surface area contributed by atoms with Gasteiger partial charge >= 0.3 is 0 Å². The zero-order valence-corrected chi connectivity index (χ0v) is 16.8. The lowest BCUT2D eigenvalue weighted by atomic mass is 10.0. The Balaban J connectivity index is 1.57. The van der Waals surface area contributed by atoms with Gasteiger partial charge in [0.15, 0.2) is 0 Å². The first kappa shape index (κ1) is 20.6. The van der Waals surface area contributed by atoms with E-state index in [0.717, 1.165) is 16.8 Å². The third-order valence-electron chi connectivity index (χ3n) is 4.26. The van der Waals surface area contributed by atoms with Crippen molar-refractivity contribution in [3.05, 3.63) is 83.9 Å². The van der Waals surface area contributed by atoms with Crippen molar-refractivity contribution in [2.75, 3.05) is 30.8 Å². The van der Waals surface area contributed by atoms with E-state index < -0.39 is 0 Å². The number of para-hydroxylation sites is 2. The molecule has 6 heteroatoms. The van der Waals surface area contributed by atoms with Crippen LogP contribution in [-0.4, -0.2) is 36.9 Å². The van der Waals surface area contributed by atoms with Crippen molar-refractivity contribution in [2.24, 2.45) is 0 Å². The molecule has 29 heavy (non-hydrogen) atoms. The van der Waals surface area contributed by atoms with Gasteiger partial charge in [-0.1, -0.05) is 72.3 Å². The maximum Gasteiger partial charge on any atom is 0.238 e. The summed E-state index contributed by atoms with van der Waals surface area (Å²) >= 11 is 6.05. The number of carbonyl (C=O) groups is 2. The second-order valence-electron chi connectivity index (χ2n) is 6.66. The molecular formula is C23H22ClN3O2. The van der Waals surface area contributed by atoms with E-state index in [2.05, 4.69) is 10.6 Å². The van der Waals surface area contributed by atoms with Crippen LogP contribution in [0.5, 0.6) is 0 Å². The predicted molar refractivity (Wildman–Crippen MR) is 118 cm³/mol. The molecule has 5 nitrogen and oxygen atoms in total. The van der Waals surface area contributed by atoms with Gasteiger partial charge in [-0.25, -0.2) is 0 Å². The smallest absolute Gasteiger partial charge is 0.238 e. The maximum absolute atomic E-state index is 12.5. The minimum Gasteiger partial charge on any atom is -0.324 e. The normalized spacial score (nSPS) is 10.6. The minimum atomic E-state index is -0.238. The van der Waals surface area contributed by atoms with Crippen molar-refractivity contribution >= 4 is 34.8 Å². The van der Waals surface area contributed by atoms with Gasteiger partial charge in [0.25, 0.3) is 0 Å². The largest absolute Gasteiger partial charge is 0.324 e. The highest BCUT2D eigenvalue weighted by molar-refractivity contribution is 6.33. The molecule has 3 aromatic carbocycles. The molecule has 3 rings (SSSR count). The highest BCUT2D eigenvalue weighted by Gasteiger charge is 2.13. The molecule has 0 spiro atoms.